The van der Waals surface area contributed by atoms with Gasteiger partial charge in [-0.2, -0.15) is 0 Å². The molecule has 0 saturated carbocycles. The van der Waals surface area contributed by atoms with Gasteiger partial charge in [-0.05, 0) is 30.9 Å². The normalized spacial score (nSPS) is 26.8. The third-order valence-corrected chi connectivity index (χ3v) is 4.72. The van der Waals surface area contributed by atoms with E-state index in [0.29, 0.717) is 24.2 Å². The van der Waals surface area contributed by atoms with Crippen molar-refractivity contribution < 1.29 is 13.5 Å². The largest absolute Gasteiger partial charge is 0.373 e. The van der Waals surface area contributed by atoms with Crippen molar-refractivity contribution in [1.29, 1.82) is 0 Å². The number of aliphatic imine (C=N–C) groups is 1. The molecule has 0 spiro atoms. The van der Waals surface area contributed by atoms with E-state index in [4.69, 9.17) is 4.74 Å². The number of halogens is 3. The van der Waals surface area contributed by atoms with Gasteiger partial charge in [0.05, 0.1) is 18.2 Å². The van der Waals surface area contributed by atoms with Gasteiger partial charge in [-0.25, -0.2) is 8.78 Å². The van der Waals surface area contributed by atoms with Gasteiger partial charge >= 0.3 is 0 Å². The van der Waals surface area contributed by atoms with Crippen LogP contribution in [0.15, 0.2) is 23.2 Å². The number of fused-ring (bicyclic) bond motifs is 2. The molecule has 0 radical (unpaired) electrons. The number of nitrogens with zero attached hydrogens (tertiary/aromatic N) is 1. The Morgan fingerprint density at radius 1 is 1.38 bits per heavy atom. The third kappa shape index (κ3) is 4.36. The Balaban J connectivity index is 0.00000208. The third-order valence-electron chi connectivity index (χ3n) is 4.72. The lowest BCUT2D eigenvalue weighted by Gasteiger charge is -2.23. The highest BCUT2D eigenvalue weighted by Crippen LogP contribution is 2.34. The molecule has 24 heavy (non-hydrogen) atoms. The first-order chi connectivity index (χ1) is 11.1. The molecule has 0 amide bonds. The summed E-state index contributed by atoms with van der Waals surface area (Å²) in [4.78, 5) is 4.22. The number of guanidine groups is 1. The fourth-order valence-corrected chi connectivity index (χ4v) is 3.42. The number of hydrogen-bond acceptors (Lipinski definition) is 2. The molecule has 3 rings (SSSR count). The summed E-state index contributed by atoms with van der Waals surface area (Å²) in [6.45, 7) is 2.42. The van der Waals surface area contributed by atoms with Crippen LogP contribution in [0.25, 0.3) is 0 Å². The molecule has 4 unspecified atom stereocenters. The number of benzene rings is 1. The van der Waals surface area contributed by atoms with Crippen LogP contribution in [-0.2, 0) is 4.74 Å². The summed E-state index contributed by atoms with van der Waals surface area (Å²) in [7, 11) is 1.71. The van der Waals surface area contributed by atoms with Crippen molar-refractivity contribution in [2.24, 2.45) is 4.99 Å². The lowest BCUT2D eigenvalue weighted by Crippen LogP contribution is -2.48. The van der Waals surface area contributed by atoms with Crippen LogP contribution in [-0.4, -0.2) is 37.8 Å². The summed E-state index contributed by atoms with van der Waals surface area (Å²) in [5, 5.41) is 6.61. The molecule has 4 atom stereocenters. The Morgan fingerprint density at radius 3 is 2.75 bits per heavy atom. The molecule has 4 nitrogen and oxygen atoms in total. The Bertz CT molecular complexity index is 599. The van der Waals surface area contributed by atoms with Gasteiger partial charge in [-0.1, -0.05) is 13.0 Å². The zero-order chi connectivity index (χ0) is 16.4. The maximum atomic E-state index is 13.8. The molecule has 134 valence electrons. The molecule has 0 aromatic heterocycles. The first-order valence-electron chi connectivity index (χ1n) is 8.14. The molecule has 1 aromatic rings. The second-order valence-electron chi connectivity index (χ2n) is 6.38. The molecule has 2 saturated heterocycles. The van der Waals surface area contributed by atoms with E-state index in [2.05, 4.69) is 15.6 Å². The highest BCUT2D eigenvalue weighted by Gasteiger charge is 2.41. The van der Waals surface area contributed by atoms with Crippen molar-refractivity contribution in [2.45, 2.75) is 50.4 Å². The van der Waals surface area contributed by atoms with Crippen LogP contribution in [0.5, 0.6) is 0 Å². The van der Waals surface area contributed by atoms with Crippen molar-refractivity contribution in [3.05, 3.63) is 35.4 Å². The van der Waals surface area contributed by atoms with Crippen molar-refractivity contribution >= 4 is 29.9 Å². The Morgan fingerprint density at radius 2 is 2.17 bits per heavy atom. The summed E-state index contributed by atoms with van der Waals surface area (Å²) in [5.74, 6) is -0.463. The van der Waals surface area contributed by atoms with Gasteiger partial charge in [0.1, 0.15) is 11.6 Å². The Labute approximate surface area is 158 Å². The molecule has 2 N–H and O–H groups in total. The van der Waals surface area contributed by atoms with E-state index in [1.807, 2.05) is 6.92 Å². The summed E-state index contributed by atoms with van der Waals surface area (Å²) in [5.41, 5.74) is 0.498. The van der Waals surface area contributed by atoms with Crippen molar-refractivity contribution in [1.82, 2.24) is 10.6 Å². The van der Waals surface area contributed by atoms with Crippen LogP contribution in [0.1, 0.15) is 37.7 Å². The van der Waals surface area contributed by atoms with Gasteiger partial charge < -0.3 is 15.4 Å². The van der Waals surface area contributed by atoms with Crippen molar-refractivity contribution in [3.8, 4) is 0 Å². The number of nitrogens with one attached hydrogen (secondary N) is 2. The lowest BCUT2D eigenvalue weighted by molar-refractivity contribution is 0.0992. The molecule has 2 bridgehead atoms. The molecule has 2 heterocycles. The second kappa shape index (κ2) is 8.42. The van der Waals surface area contributed by atoms with E-state index in [-0.39, 0.29) is 42.0 Å². The van der Waals surface area contributed by atoms with Gasteiger partial charge in [0.15, 0.2) is 5.96 Å². The van der Waals surface area contributed by atoms with Gasteiger partial charge in [-0.15, -0.1) is 24.0 Å². The topological polar surface area (TPSA) is 45.7 Å². The van der Waals surface area contributed by atoms with E-state index in [1.54, 1.807) is 7.05 Å². The maximum absolute atomic E-state index is 13.8. The minimum absolute atomic E-state index is 0. The van der Waals surface area contributed by atoms with E-state index in [0.717, 1.165) is 25.3 Å². The molecule has 1 aromatic carbocycles. The Hall–Kier alpha value is -0.960. The Kier molecular flexibility index (Phi) is 6.79. The average Bonchev–Trinajstić information content (AvgIpc) is 3.13. The predicted octanol–water partition coefficient (Wildman–Crippen LogP) is 3.17. The van der Waals surface area contributed by atoms with Gasteiger partial charge in [-0.3, -0.25) is 4.99 Å². The van der Waals surface area contributed by atoms with E-state index in [9.17, 15) is 8.78 Å². The first kappa shape index (κ1) is 19.4. The van der Waals surface area contributed by atoms with E-state index in [1.165, 1.54) is 12.1 Å². The smallest absolute Gasteiger partial charge is 0.191 e. The fourth-order valence-electron chi connectivity index (χ4n) is 3.42. The van der Waals surface area contributed by atoms with Crippen molar-refractivity contribution in [3.63, 3.8) is 0 Å². The van der Waals surface area contributed by atoms with Gasteiger partial charge in [0.2, 0.25) is 0 Å². The van der Waals surface area contributed by atoms with Crippen LogP contribution in [0.3, 0.4) is 0 Å². The summed E-state index contributed by atoms with van der Waals surface area (Å²) >= 11 is 0. The first-order valence-corrected chi connectivity index (χ1v) is 8.14. The van der Waals surface area contributed by atoms with E-state index >= 15 is 0 Å². The number of hydrogen-bond donors (Lipinski definition) is 2. The molecule has 2 aliphatic heterocycles. The highest BCUT2D eigenvalue weighted by atomic mass is 127. The zero-order valence-electron chi connectivity index (χ0n) is 13.9. The molecule has 2 aliphatic rings. The molecule has 7 heteroatoms. The summed E-state index contributed by atoms with van der Waals surface area (Å²) in [6.07, 6.45) is 3.90. The molecule has 0 aliphatic carbocycles. The van der Waals surface area contributed by atoms with Gasteiger partial charge in [0, 0.05) is 25.6 Å². The zero-order valence-corrected chi connectivity index (χ0v) is 16.2. The SMILES string of the molecule is CN=C(NCC(C)c1ccc(F)cc1F)NC1CC2CCC1O2.I. The number of rotatable bonds is 4. The van der Waals surface area contributed by atoms with Crippen LogP contribution in [0.2, 0.25) is 0 Å². The quantitative estimate of drug-likeness (QED) is 0.420. The monoisotopic (exact) mass is 451 g/mol. The van der Waals surface area contributed by atoms with Crippen LogP contribution < -0.4 is 10.6 Å². The van der Waals surface area contributed by atoms with E-state index < -0.39 is 11.6 Å². The van der Waals surface area contributed by atoms with Crippen LogP contribution >= 0.6 is 24.0 Å². The molecule has 2 fully saturated rings. The van der Waals surface area contributed by atoms with Crippen molar-refractivity contribution in [2.75, 3.05) is 13.6 Å². The number of ether oxygens (including phenoxy) is 1. The lowest BCUT2D eigenvalue weighted by atomic mass is 9.96. The maximum Gasteiger partial charge on any atom is 0.191 e. The summed E-state index contributed by atoms with van der Waals surface area (Å²) < 4.78 is 32.6. The molecular weight excluding hydrogens is 427 g/mol. The fraction of sp³-hybridized carbons (Fsp3) is 0.588. The predicted molar refractivity (Wildman–Crippen MR) is 101 cm³/mol. The highest BCUT2D eigenvalue weighted by molar-refractivity contribution is 14.0. The average molecular weight is 451 g/mol. The van der Waals surface area contributed by atoms with Gasteiger partial charge in [0.25, 0.3) is 0 Å². The second-order valence-corrected chi connectivity index (χ2v) is 6.38. The van der Waals surface area contributed by atoms with Crippen LogP contribution in [0, 0.1) is 11.6 Å². The molecular formula is C17H24F2IN3O. The summed E-state index contributed by atoms with van der Waals surface area (Å²) in [6, 6.07) is 4.00. The standard InChI is InChI=1S/C17H23F2N3O.HI/c1-10(13-5-3-11(18)7-14(13)19)9-21-17(20-2)22-15-8-12-4-6-16(15)23-12;/h3,5,7,10,12,15-16H,4,6,8-9H2,1-2H3,(H2,20,21,22);1H. The van der Waals surface area contributed by atoms with Crippen LogP contribution in [0.4, 0.5) is 8.78 Å². The minimum Gasteiger partial charge on any atom is -0.373 e. The minimum atomic E-state index is -0.555.